The highest BCUT2D eigenvalue weighted by molar-refractivity contribution is 5.98. The van der Waals surface area contributed by atoms with Crippen molar-refractivity contribution in [3.05, 3.63) is 25.3 Å². The summed E-state index contributed by atoms with van der Waals surface area (Å²) in [4.78, 5) is 44.2. The summed E-state index contributed by atoms with van der Waals surface area (Å²) in [7, 11) is 0. The molecule has 0 radical (unpaired) electrons. The van der Waals surface area contributed by atoms with Crippen molar-refractivity contribution in [1.29, 1.82) is 0 Å². The summed E-state index contributed by atoms with van der Waals surface area (Å²) in [5.74, 6) is -2.79. The summed E-state index contributed by atoms with van der Waals surface area (Å²) in [6, 6.07) is -1.67. The van der Waals surface area contributed by atoms with Gasteiger partial charge in [0, 0.05) is 12.6 Å². The highest BCUT2D eigenvalue weighted by Crippen LogP contribution is 2.65. The zero-order valence-corrected chi connectivity index (χ0v) is 20.5. The Morgan fingerprint density at radius 3 is 2.55 bits per heavy atom. The van der Waals surface area contributed by atoms with Gasteiger partial charge in [0.15, 0.2) is 0 Å². The number of carbonyl (C=O) groups excluding carboxylic acids is 3. The van der Waals surface area contributed by atoms with Crippen LogP contribution in [0.25, 0.3) is 0 Å². The molecule has 2 bridgehead atoms. The molecule has 3 fully saturated rings. The van der Waals surface area contributed by atoms with E-state index in [2.05, 4.69) is 13.2 Å². The van der Waals surface area contributed by atoms with Gasteiger partial charge in [-0.15, -0.1) is 13.2 Å². The number of hydrogen-bond acceptors (Lipinski definition) is 6. The number of likely N-dealkylation sites (tertiary alicyclic amines) is 1. The third-order valence-electron chi connectivity index (χ3n) is 7.78. The molecule has 0 aromatic rings. The summed E-state index contributed by atoms with van der Waals surface area (Å²) < 4.78 is 12.1. The predicted molar refractivity (Wildman–Crippen MR) is 123 cm³/mol. The van der Waals surface area contributed by atoms with Gasteiger partial charge in [-0.25, -0.2) is 0 Å². The van der Waals surface area contributed by atoms with Crippen molar-refractivity contribution in [3.8, 4) is 0 Å². The lowest BCUT2D eigenvalue weighted by atomic mass is 9.62. The summed E-state index contributed by atoms with van der Waals surface area (Å²) in [5, 5.41) is 9.94. The van der Waals surface area contributed by atoms with Crippen molar-refractivity contribution < 1.29 is 29.0 Å². The summed E-state index contributed by atoms with van der Waals surface area (Å²) in [6.07, 6.45) is 4.30. The third-order valence-corrected chi connectivity index (χ3v) is 7.78. The van der Waals surface area contributed by atoms with Crippen LogP contribution in [0.3, 0.4) is 0 Å². The molecule has 33 heavy (non-hydrogen) atoms. The van der Waals surface area contributed by atoms with E-state index in [1.807, 2.05) is 27.7 Å². The Morgan fingerprint density at radius 2 is 2.00 bits per heavy atom. The molecule has 1 N–H and O–H groups in total. The first-order valence-corrected chi connectivity index (χ1v) is 11.8. The number of amides is 2. The van der Waals surface area contributed by atoms with E-state index >= 15 is 0 Å². The first-order chi connectivity index (χ1) is 15.5. The van der Waals surface area contributed by atoms with Crippen LogP contribution in [-0.4, -0.2) is 81.8 Å². The van der Waals surface area contributed by atoms with Crippen molar-refractivity contribution in [2.24, 2.45) is 17.8 Å². The molecule has 184 valence electrons. The first kappa shape index (κ1) is 25.4. The van der Waals surface area contributed by atoms with E-state index in [0.717, 1.165) is 0 Å². The van der Waals surface area contributed by atoms with Crippen LogP contribution in [0.4, 0.5) is 0 Å². The van der Waals surface area contributed by atoms with Gasteiger partial charge in [0.05, 0.1) is 30.8 Å². The first-order valence-electron chi connectivity index (χ1n) is 11.8. The van der Waals surface area contributed by atoms with Crippen LogP contribution in [0.15, 0.2) is 25.3 Å². The Balaban J connectivity index is 2.10. The number of hydrogen-bond donors (Lipinski definition) is 1. The maximum atomic E-state index is 14.0. The zero-order chi connectivity index (χ0) is 24.7. The van der Waals surface area contributed by atoms with Crippen LogP contribution in [0.2, 0.25) is 0 Å². The molecular weight excluding hydrogens is 424 g/mol. The monoisotopic (exact) mass is 462 g/mol. The molecule has 3 saturated heterocycles. The highest BCUT2D eigenvalue weighted by atomic mass is 16.6. The maximum Gasteiger partial charge on any atom is 0.312 e. The lowest BCUT2D eigenvalue weighted by Gasteiger charge is -2.39. The summed E-state index contributed by atoms with van der Waals surface area (Å²) in [6.45, 7) is 17.0. The maximum absolute atomic E-state index is 14.0. The van der Waals surface area contributed by atoms with E-state index < -0.39 is 41.1 Å². The SMILES string of the molecule is C=CCCOC(=O)[C@@H]1[C@H]2C(=O)N([C@H](C)CO)C(C(=O)N(CC=C)C(C)C)C23CC(C)[C@@]1(C)O3. The molecule has 8 nitrogen and oxygen atoms in total. The van der Waals surface area contributed by atoms with Gasteiger partial charge in [-0.3, -0.25) is 14.4 Å². The smallest absolute Gasteiger partial charge is 0.312 e. The van der Waals surface area contributed by atoms with Crippen LogP contribution in [-0.2, 0) is 23.9 Å². The van der Waals surface area contributed by atoms with Gasteiger partial charge in [-0.2, -0.15) is 0 Å². The largest absolute Gasteiger partial charge is 0.465 e. The Morgan fingerprint density at radius 1 is 1.33 bits per heavy atom. The summed E-state index contributed by atoms with van der Waals surface area (Å²) >= 11 is 0. The van der Waals surface area contributed by atoms with E-state index in [-0.39, 0.29) is 37.0 Å². The lowest BCUT2D eigenvalue weighted by molar-refractivity contribution is -0.163. The minimum absolute atomic E-state index is 0.0647. The fraction of sp³-hybridized carbons (Fsp3) is 0.720. The molecule has 3 unspecified atom stereocenters. The number of ether oxygens (including phenoxy) is 2. The number of rotatable bonds is 10. The Labute approximate surface area is 196 Å². The molecule has 7 atom stereocenters. The Kier molecular flexibility index (Phi) is 7.10. The highest BCUT2D eigenvalue weighted by Gasteiger charge is 2.80. The van der Waals surface area contributed by atoms with Crippen LogP contribution in [0, 0.1) is 17.8 Å². The van der Waals surface area contributed by atoms with Gasteiger partial charge in [-0.1, -0.05) is 19.1 Å². The minimum Gasteiger partial charge on any atom is -0.465 e. The van der Waals surface area contributed by atoms with E-state index in [1.54, 1.807) is 24.0 Å². The van der Waals surface area contributed by atoms with E-state index in [9.17, 15) is 19.5 Å². The second-order valence-electron chi connectivity index (χ2n) is 10.1. The molecule has 0 aliphatic carbocycles. The average molecular weight is 463 g/mol. The second-order valence-corrected chi connectivity index (χ2v) is 10.1. The number of esters is 1. The molecule has 0 aromatic carbocycles. The van der Waals surface area contributed by atoms with Gasteiger partial charge >= 0.3 is 5.97 Å². The van der Waals surface area contributed by atoms with Crippen LogP contribution >= 0.6 is 0 Å². The minimum atomic E-state index is -1.15. The van der Waals surface area contributed by atoms with Gasteiger partial charge < -0.3 is 24.4 Å². The summed E-state index contributed by atoms with van der Waals surface area (Å²) in [5.41, 5.74) is -2.07. The topological polar surface area (TPSA) is 96.4 Å². The molecule has 8 heteroatoms. The third kappa shape index (κ3) is 3.71. The fourth-order valence-electron chi connectivity index (χ4n) is 6.06. The number of fused-ring (bicyclic) bond motifs is 1. The zero-order valence-electron chi connectivity index (χ0n) is 20.5. The van der Waals surface area contributed by atoms with Gasteiger partial charge in [-0.05, 0) is 46.5 Å². The average Bonchev–Trinajstić information content (AvgIpc) is 3.27. The van der Waals surface area contributed by atoms with Crippen molar-refractivity contribution in [1.82, 2.24) is 9.80 Å². The van der Waals surface area contributed by atoms with Crippen LogP contribution in [0.1, 0.15) is 47.5 Å². The molecule has 1 spiro atoms. The standard InChI is InChI=1S/C25H38N2O6/c1-8-10-12-32-23(31)19-18-21(29)27(17(6)14-28)20(22(30)26(11-9-2)15(3)4)25(18)13-16(5)24(19,7)33-25/h8-9,15-20,28H,1-2,10-14H2,3-7H3/t16?,17-,18+,19+,20?,24-,25?/m1/s1. The number of carbonyl (C=O) groups is 3. The van der Waals surface area contributed by atoms with Gasteiger partial charge in [0.1, 0.15) is 17.6 Å². The van der Waals surface area contributed by atoms with Crippen LogP contribution < -0.4 is 0 Å². The molecule has 3 rings (SSSR count). The van der Waals surface area contributed by atoms with Crippen LogP contribution in [0.5, 0.6) is 0 Å². The van der Waals surface area contributed by atoms with E-state index in [4.69, 9.17) is 9.47 Å². The molecule has 3 aliphatic rings. The normalized spacial score (nSPS) is 35.5. The number of nitrogens with zero attached hydrogens (tertiary/aromatic N) is 2. The molecule has 3 heterocycles. The van der Waals surface area contributed by atoms with E-state index in [1.165, 1.54) is 4.90 Å². The Hall–Kier alpha value is -2.19. The second kappa shape index (κ2) is 9.22. The quantitative estimate of drug-likeness (QED) is 0.303. The van der Waals surface area contributed by atoms with Gasteiger partial charge in [0.2, 0.25) is 11.8 Å². The molecular formula is C25H38N2O6. The lowest BCUT2D eigenvalue weighted by Crippen LogP contribution is -2.59. The molecule has 0 aromatic heterocycles. The molecule has 0 saturated carbocycles. The van der Waals surface area contributed by atoms with Gasteiger partial charge in [0.25, 0.3) is 0 Å². The van der Waals surface area contributed by atoms with Crippen molar-refractivity contribution in [2.45, 2.75) is 76.8 Å². The molecule has 3 aliphatic heterocycles. The van der Waals surface area contributed by atoms with Crippen molar-refractivity contribution >= 4 is 17.8 Å². The number of aliphatic hydroxyl groups is 1. The van der Waals surface area contributed by atoms with Crippen molar-refractivity contribution in [3.63, 3.8) is 0 Å². The van der Waals surface area contributed by atoms with E-state index in [0.29, 0.717) is 19.4 Å². The fourth-order valence-corrected chi connectivity index (χ4v) is 6.06. The predicted octanol–water partition coefficient (Wildman–Crippen LogP) is 1.92. The Bertz CT molecular complexity index is 828. The molecule has 2 amide bonds. The number of aliphatic hydroxyl groups excluding tert-OH is 1. The van der Waals surface area contributed by atoms with Crippen molar-refractivity contribution in [2.75, 3.05) is 19.8 Å².